The number of halogens is 1. The molecule has 2 N–H and O–H groups in total. The minimum atomic E-state index is -0.319. The van der Waals surface area contributed by atoms with E-state index in [4.69, 9.17) is 4.74 Å². The Bertz CT molecular complexity index is 898. The van der Waals surface area contributed by atoms with Crippen molar-refractivity contribution in [3.63, 3.8) is 0 Å². The molecule has 0 atom stereocenters. The lowest BCUT2D eigenvalue weighted by Crippen LogP contribution is -2.08. The molecule has 0 spiro atoms. The molecule has 6 heteroatoms. The first kappa shape index (κ1) is 17.7. The lowest BCUT2D eigenvalue weighted by atomic mass is 10.3. The summed E-state index contributed by atoms with van der Waals surface area (Å²) in [5.41, 5.74) is 2.18. The van der Waals surface area contributed by atoms with Crippen molar-refractivity contribution >= 4 is 23.1 Å². The summed E-state index contributed by atoms with van der Waals surface area (Å²) in [4.78, 5) is 8.82. The number of hydrogen-bond donors (Lipinski definition) is 2. The van der Waals surface area contributed by atoms with E-state index in [1.807, 2.05) is 51.1 Å². The fourth-order valence-corrected chi connectivity index (χ4v) is 2.45. The smallest absolute Gasteiger partial charge is 0.229 e. The zero-order valence-corrected chi connectivity index (χ0v) is 15.0. The molecule has 0 unspecified atom stereocenters. The number of aromatic nitrogens is 2. The number of rotatable bonds is 6. The van der Waals surface area contributed by atoms with Gasteiger partial charge in [-0.2, -0.15) is 4.98 Å². The lowest BCUT2D eigenvalue weighted by molar-refractivity contribution is 0.244. The Hall–Kier alpha value is -3.15. The highest BCUT2D eigenvalue weighted by Crippen LogP contribution is 2.28. The number of nitrogens with zero attached hydrogens (tertiary/aromatic N) is 2. The fourth-order valence-electron chi connectivity index (χ4n) is 2.45. The van der Waals surface area contributed by atoms with Gasteiger partial charge in [0.2, 0.25) is 5.95 Å². The van der Waals surface area contributed by atoms with Crippen LogP contribution in [0.15, 0.2) is 54.6 Å². The molecule has 3 rings (SSSR count). The van der Waals surface area contributed by atoms with Crippen LogP contribution in [0.5, 0.6) is 5.75 Å². The van der Waals surface area contributed by atoms with Crippen LogP contribution < -0.4 is 15.4 Å². The van der Waals surface area contributed by atoms with E-state index in [1.54, 1.807) is 12.1 Å². The van der Waals surface area contributed by atoms with Gasteiger partial charge >= 0.3 is 0 Å². The zero-order chi connectivity index (χ0) is 18.5. The summed E-state index contributed by atoms with van der Waals surface area (Å²) in [5, 5.41) is 6.29. The number of aryl methyl sites for hydroxylation is 1. The Morgan fingerprint density at radius 1 is 0.962 bits per heavy atom. The van der Waals surface area contributed by atoms with Gasteiger partial charge in [0.15, 0.2) is 0 Å². The molecule has 1 heterocycles. The number of para-hydroxylation sites is 2. The summed E-state index contributed by atoms with van der Waals surface area (Å²) in [6, 6.07) is 15.7. The fraction of sp³-hybridized carbons (Fsp3) is 0.200. The number of nitrogens with one attached hydrogen (secondary N) is 2. The maximum Gasteiger partial charge on any atom is 0.229 e. The van der Waals surface area contributed by atoms with E-state index in [1.165, 1.54) is 12.1 Å². The second-order valence-corrected chi connectivity index (χ2v) is 6.14. The minimum absolute atomic E-state index is 0.0651. The van der Waals surface area contributed by atoms with Crippen LogP contribution >= 0.6 is 0 Å². The Morgan fingerprint density at radius 3 is 2.54 bits per heavy atom. The quantitative estimate of drug-likeness (QED) is 0.639. The predicted molar refractivity (Wildman–Crippen MR) is 102 cm³/mol. The largest absolute Gasteiger partial charge is 0.489 e. The van der Waals surface area contributed by atoms with Gasteiger partial charge in [-0.1, -0.05) is 18.2 Å². The van der Waals surface area contributed by atoms with Crippen LogP contribution in [-0.4, -0.2) is 16.1 Å². The van der Waals surface area contributed by atoms with Crippen molar-refractivity contribution in [1.82, 2.24) is 9.97 Å². The molecule has 0 aliphatic rings. The first-order chi connectivity index (χ1) is 12.5. The Kier molecular flexibility index (Phi) is 5.31. The van der Waals surface area contributed by atoms with Crippen LogP contribution in [0.4, 0.5) is 27.5 Å². The van der Waals surface area contributed by atoms with Gasteiger partial charge in [-0.25, -0.2) is 9.37 Å². The zero-order valence-electron chi connectivity index (χ0n) is 15.0. The molecule has 26 heavy (non-hydrogen) atoms. The molecule has 0 aliphatic heterocycles. The monoisotopic (exact) mass is 352 g/mol. The highest BCUT2D eigenvalue weighted by Gasteiger charge is 2.08. The summed E-state index contributed by atoms with van der Waals surface area (Å²) >= 11 is 0. The number of benzene rings is 2. The standard InChI is InChI=1S/C20H21FN4O/c1-13(2)26-18-10-5-4-9-17(18)24-19-11-14(3)22-20(25-19)23-16-8-6-7-15(21)12-16/h4-13H,1-3H3,(H2,22,23,24,25). The molecule has 2 aromatic carbocycles. The second-order valence-electron chi connectivity index (χ2n) is 6.14. The van der Waals surface area contributed by atoms with E-state index >= 15 is 0 Å². The molecule has 0 saturated heterocycles. The molecular formula is C20H21FN4O. The normalized spacial score (nSPS) is 10.7. The third kappa shape index (κ3) is 4.69. The van der Waals surface area contributed by atoms with Crippen molar-refractivity contribution in [3.8, 4) is 5.75 Å². The lowest BCUT2D eigenvalue weighted by Gasteiger charge is -2.15. The molecule has 3 aromatic rings. The Labute approximate surface area is 152 Å². The molecule has 0 radical (unpaired) electrons. The van der Waals surface area contributed by atoms with Crippen molar-refractivity contribution in [3.05, 3.63) is 66.1 Å². The number of ether oxygens (including phenoxy) is 1. The molecule has 1 aromatic heterocycles. The highest BCUT2D eigenvalue weighted by atomic mass is 19.1. The van der Waals surface area contributed by atoms with Crippen molar-refractivity contribution in [2.45, 2.75) is 26.9 Å². The minimum Gasteiger partial charge on any atom is -0.489 e. The average molecular weight is 352 g/mol. The van der Waals surface area contributed by atoms with Crippen LogP contribution in [0, 0.1) is 12.7 Å². The summed E-state index contributed by atoms with van der Waals surface area (Å²) in [6.07, 6.45) is 0.0651. The average Bonchev–Trinajstić information content (AvgIpc) is 2.56. The van der Waals surface area contributed by atoms with Crippen LogP contribution in [0.3, 0.4) is 0 Å². The SMILES string of the molecule is Cc1cc(Nc2ccccc2OC(C)C)nc(Nc2cccc(F)c2)n1. The number of hydrogen-bond acceptors (Lipinski definition) is 5. The van der Waals surface area contributed by atoms with Crippen molar-refractivity contribution in [2.75, 3.05) is 10.6 Å². The van der Waals surface area contributed by atoms with Crippen molar-refractivity contribution in [2.24, 2.45) is 0 Å². The first-order valence-electron chi connectivity index (χ1n) is 8.40. The van der Waals surface area contributed by atoms with Crippen LogP contribution in [0.1, 0.15) is 19.5 Å². The Morgan fingerprint density at radius 2 is 1.77 bits per heavy atom. The van der Waals surface area contributed by atoms with Gasteiger partial charge in [0.1, 0.15) is 17.4 Å². The first-order valence-corrected chi connectivity index (χ1v) is 8.40. The number of anilines is 4. The van der Waals surface area contributed by atoms with E-state index in [0.717, 1.165) is 17.1 Å². The third-order valence-corrected chi connectivity index (χ3v) is 3.45. The van der Waals surface area contributed by atoms with E-state index in [0.29, 0.717) is 17.5 Å². The van der Waals surface area contributed by atoms with Crippen LogP contribution in [-0.2, 0) is 0 Å². The van der Waals surface area contributed by atoms with E-state index in [-0.39, 0.29) is 11.9 Å². The summed E-state index contributed by atoms with van der Waals surface area (Å²) in [6.45, 7) is 5.83. The molecular weight excluding hydrogens is 331 g/mol. The van der Waals surface area contributed by atoms with Gasteiger partial charge in [0, 0.05) is 17.4 Å². The molecule has 0 aliphatic carbocycles. The summed E-state index contributed by atoms with van der Waals surface area (Å²) in [7, 11) is 0. The Balaban J connectivity index is 1.84. The van der Waals surface area contributed by atoms with Gasteiger partial charge in [0.05, 0.1) is 11.8 Å². The van der Waals surface area contributed by atoms with Gasteiger partial charge < -0.3 is 15.4 Å². The van der Waals surface area contributed by atoms with Crippen molar-refractivity contribution in [1.29, 1.82) is 0 Å². The maximum absolute atomic E-state index is 13.4. The van der Waals surface area contributed by atoms with Gasteiger partial charge in [0.25, 0.3) is 0 Å². The molecule has 0 amide bonds. The van der Waals surface area contributed by atoms with E-state index < -0.39 is 0 Å². The molecule has 0 saturated carbocycles. The van der Waals surface area contributed by atoms with Crippen LogP contribution in [0.25, 0.3) is 0 Å². The topological polar surface area (TPSA) is 59.1 Å². The van der Waals surface area contributed by atoms with Crippen LogP contribution in [0.2, 0.25) is 0 Å². The second kappa shape index (κ2) is 7.82. The molecule has 0 bridgehead atoms. The van der Waals surface area contributed by atoms with Gasteiger partial charge in [-0.05, 0) is 51.1 Å². The third-order valence-electron chi connectivity index (χ3n) is 3.45. The maximum atomic E-state index is 13.4. The summed E-state index contributed by atoms with van der Waals surface area (Å²) < 4.78 is 19.2. The predicted octanol–water partition coefficient (Wildman–Crippen LogP) is 5.20. The van der Waals surface area contributed by atoms with E-state index in [2.05, 4.69) is 20.6 Å². The van der Waals surface area contributed by atoms with Crippen molar-refractivity contribution < 1.29 is 9.13 Å². The molecule has 5 nitrogen and oxygen atoms in total. The molecule has 134 valence electrons. The summed E-state index contributed by atoms with van der Waals surface area (Å²) in [5.74, 6) is 1.44. The van der Waals surface area contributed by atoms with Gasteiger partial charge in [-0.3, -0.25) is 0 Å². The van der Waals surface area contributed by atoms with Gasteiger partial charge in [-0.15, -0.1) is 0 Å². The molecule has 0 fully saturated rings. The highest BCUT2D eigenvalue weighted by molar-refractivity contribution is 5.65. The van der Waals surface area contributed by atoms with E-state index in [9.17, 15) is 4.39 Å².